The minimum atomic E-state index is -0.973. The van der Waals surface area contributed by atoms with Gasteiger partial charge in [0.2, 0.25) is 0 Å². The topological polar surface area (TPSA) is 45.5 Å². The fraction of sp³-hybridized carbons (Fsp3) is 0.111. The van der Waals surface area contributed by atoms with Crippen LogP contribution in [0.25, 0.3) is 11.3 Å². The van der Waals surface area contributed by atoms with Crippen LogP contribution in [-0.4, -0.2) is 22.4 Å². The molecule has 1 aliphatic rings. The van der Waals surface area contributed by atoms with Crippen LogP contribution in [0.5, 0.6) is 0 Å². The average molecular weight is 278 g/mol. The van der Waals surface area contributed by atoms with E-state index >= 15 is 0 Å². The van der Waals surface area contributed by atoms with Crippen molar-refractivity contribution in [3.63, 3.8) is 0 Å². The lowest BCUT2D eigenvalue weighted by Crippen LogP contribution is -2.16. The van der Waals surface area contributed by atoms with E-state index in [0.29, 0.717) is 11.4 Å². The second-order valence-corrected chi connectivity index (χ2v) is 4.92. The van der Waals surface area contributed by atoms with E-state index in [9.17, 15) is 5.11 Å². The molecule has 0 fully saturated rings. The first-order chi connectivity index (χ1) is 10.1. The van der Waals surface area contributed by atoms with Gasteiger partial charge < -0.3 is 5.11 Å². The summed E-state index contributed by atoms with van der Waals surface area (Å²) < 4.78 is 0. The number of aromatic nitrogens is 1. The molecular formula is C18H18N2O. The molecule has 0 aromatic carbocycles. The predicted octanol–water partition coefficient (Wildman–Crippen LogP) is 3.57. The Morgan fingerprint density at radius 1 is 1.43 bits per heavy atom. The third-order valence-electron chi connectivity index (χ3n) is 3.07. The summed E-state index contributed by atoms with van der Waals surface area (Å²) in [7, 11) is 0. The first-order valence-electron chi connectivity index (χ1n) is 6.63. The van der Waals surface area contributed by atoms with E-state index in [1.165, 1.54) is 0 Å². The molecule has 106 valence electrons. The average Bonchev–Trinajstić information content (AvgIpc) is 2.65. The van der Waals surface area contributed by atoms with Crippen molar-refractivity contribution in [2.24, 2.45) is 4.99 Å². The van der Waals surface area contributed by atoms with Crippen molar-refractivity contribution >= 4 is 18.0 Å². The maximum atomic E-state index is 10.2. The van der Waals surface area contributed by atoms with Crippen LogP contribution in [0.1, 0.15) is 18.2 Å². The molecule has 21 heavy (non-hydrogen) atoms. The zero-order valence-electron chi connectivity index (χ0n) is 12.0. The van der Waals surface area contributed by atoms with Gasteiger partial charge in [-0.2, -0.15) is 0 Å². The van der Waals surface area contributed by atoms with Crippen LogP contribution in [-0.2, 0) is 0 Å². The molecule has 3 nitrogen and oxygen atoms in total. The van der Waals surface area contributed by atoms with Gasteiger partial charge in [-0.1, -0.05) is 30.9 Å². The van der Waals surface area contributed by atoms with Gasteiger partial charge in [-0.15, -0.1) is 0 Å². The zero-order chi connectivity index (χ0) is 15.3. The first-order valence-corrected chi connectivity index (χ1v) is 6.63. The minimum absolute atomic E-state index is 0.662. The Morgan fingerprint density at radius 2 is 2.24 bits per heavy atom. The van der Waals surface area contributed by atoms with Gasteiger partial charge in [0.25, 0.3) is 0 Å². The summed E-state index contributed by atoms with van der Waals surface area (Å²) >= 11 is 0. The van der Waals surface area contributed by atoms with Gasteiger partial charge in [-0.05, 0) is 55.1 Å². The lowest BCUT2D eigenvalue weighted by molar-refractivity contribution is 0.165. The molecule has 1 aromatic heterocycles. The van der Waals surface area contributed by atoms with E-state index in [4.69, 9.17) is 0 Å². The highest BCUT2D eigenvalue weighted by Gasteiger charge is 2.15. The smallest absolute Gasteiger partial charge is 0.0992 e. The molecule has 0 saturated carbocycles. The number of aliphatic hydroxyl groups is 1. The predicted molar refractivity (Wildman–Crippen MR) is 88.8 cm³/mol. The number of hydrogen-bond acceptors (Lipinski definition) is 3. The highest BCUT2D eigenvalue weighted by atomic mass is 16.3. The Labute approximate surface area is 125 Å². The Bertz CT molecular complexity index is 676. The highest BCUT2D eigenvalue weighted by molar-refractivity contribution is 5.78. The molecule has 0 saturated heterocycles. The Kier molecular flexibility index (Phi) is 4.45. The summed E-state index contributed by atoms with van der Waals surface area (Å²) in [6.45, 7) is 8.96. The van der Waals surface area contributed by atoms with Gasteiger partial charge in [-0.3, -0.25) is 9.98 Å². The maximum absolute atomic E-state index is 10.2. The molecule has 1 aromatic rings. The summed E-state index contributed by atoms with van der Waals surface area (Å²) in [4.78, 5) is 8.26. The van der Waals surface area contributed by atoms with E-state index in [0.717, 1.165) is 11.1 Å². The molecule has 1 atom stereocenters. The molecule has 1 N–H and O–H groups in total. The standard InChI is InChI=1S/C18H18N2O/c1-4-7-16(19-3)17-12-14(9-11-20-17)15-8-5-6-10-18(2,21)13-15/h4-13,21H,1,3H2,2H3/b16-7-. The number of hydrogen-bond donors (Lipinski definition) is 1. The van der Waals surface area contributed by atoms with Crippen molar-refractivity contribution in [1.82, 2.24) is 4.98 Å². The summed E-state index contributed by atoms with van der Waals surface area (Å²) in [5, 5.41) is 10.2. The van der Waals surface area contributed by atoms with Gasteiger partial charge in [0.1, 0.15) is 0 Å². The Balaban J connectivity index is 2.47. The van der Waals surface area contributed by atoms with E-state index in [1.54, 1.807) is 31.3 Å². The molecule has 0 radical (unpaired) electrons. The lowest BCUT2D eigenvalue weighted by atomic mass is 9.99. The fourth-order valence-corrected chi connectivity index (χ4v) is 2.08. The summed E-state index contributed by atoms with van der Waals surface area (Å²) in [6, 6.07) is 3.82. The second kappa shape index (κ2) is 6.29. The monoisotopic (exact) mass is 278 g/mol. The Hall–Kier alpha value is -2.52. The van der Waals surface area contributed by atoms with E-state index in [2.05, 4.69) is 23.3 Å². The molecular weight excluding hydrogens is 260 g/mol. The quantitative estimate of drug-likeness (QED) is 0.676. The van der Waals surface area contributed by atoms with Crippen LogP contribution in [0.3, 0.4) is 0 Å². The van der Waals surface area contributed by atoms with Crippen LogP contribution in [0.4, 0.5) is 0 Å². The van der Waals surface area contributed by atoms with Crippen LogP contribution in [0, 0.1) is 0 Å². The third-order valence-corrected chi connectivity index (χ3v) is 3.07. The molecule has 0 bridgehead atoms. The first kappa shape index (κ1) is 14.9. The maximum Gasteiger partial charge on any atom is 0.0992 e. The SMILES string of the molecule is C=C/C=C(\N=C)c1cc(C2=CC(C)(O)C=CC=C2)ccn1. The van der Waals surface area contributed by atoms with Crippen molar-refractivity contribution in [2.45, 2.75) is 12.5 Å². The van der Waals surface area contributed by atoms with Gasteiger partial charge in [0, 0.05) is 6.20 Å². The van der Waals surface area contributed by atoms with Crippen LogP contribution >= 0.6 is 0 Å². The van der Waals surface area contributed by atoms with Crippen LogP contribution in [0.2, 0.25) is 0 Å². The number of rotatable bonds is 4. The van der Waals surface area contributed by atoms with Gasteiger partial charge in [0.05, 0.1) is 17.0 Å². The number of allylic oxidation sites excluding steroid dienone is 6. The van der Waals surface area contributed by atoms with E-state index in [1.807, 2.05) is 36.4 Å². The number of pyridine rings is 1. The summed E-state index contributed by atoms with van der Waals surface area (Å²) in [5.74, 6) is 0. The summed E-state index contributed by atoms with van der Waals surface area (Å²) in [5.41, 5.74) is 2.29. The zero-order valence-corrected chi connectivity index (χ0v) is 12.0. The van der Waals surface area contributed by atoms with Crippen molar-refractivity contribution in [3.05, 3.63) is 78.7 Å². The van der Waals surface area contributed by atoms with Crippen LogP contribution in [0.15, 0.2) is 72.4 Å². The van der Waals surface area contributed by atoms with Gasteiger partial charge in [-0.25, -0.2) is 0 Å². The van der Waals surface area contributed by atoms with Crippen molar-refractivity contribution in [2.75, 3.05) is 0 Å². The molecule has 0 amide bonds. The normalized spacial score (nSPS) is 21.6. The van der Waals surface area contributed by atoms with E-state index < -0.39 is 5.60 Å². The minimum Gasteiger partial charge on any atom is -0.382 e. The second-order valence-electron chi connectivity index (χ2n) is 4.92. The number of aliphatic imine (C=N–C) groups is 1. The fourth-order valence-electron chi connectivity index (χ4n) is 2.08. The van der Waals surface area contributed by atoms with Crippen molar-refractivity contribution in [3.8, 4) is 0 Å². The van der Waals surface area contributed by atoms with Crippen molar-refractivity contribution in [1.29, 1.82) is 0 Å². The molecule has 2 rings (SSSR count). The molecule has 3 heteroatoms. The highest BCUT2D eigenvalue weighted by Crippen LogP contribution is 2.25. The van der Waals surface area contributed by atoms with Gasteiger partial charge in [0.15, 0.2) is 0 Å². The molecule has 0 spiro atoms. The lowest BCUT2D eigenvalue weighted by Gasteiger charge is -2.14. The largest absolute Gasteiger partial charge is 0.382 e. The Morgan fingerprint density at radius 3 is 2.95 bits per heavy atom. The third kappa shape index (κ3) is 3.74. The van der Waals surface area contributed by atoms with E-state index in [-0.39, 0.29) is 0 Å². The molecule has 1 heterocycles. The summed E-state index contributed by atoms with van der Waals surface area (Å²) in [6.07, 6.45) is 14.4. The molecule has 1 unspecified atom stereocenters. The molecule has 1 aliphatic carbocycles. The number of nitrogens with zero attached hydrogens (tertiary/aromatic N) is 2. The van der Waals surface area contributed by atoms with Gasteiger partial charge >= 0.3 is 0 Å². The molecule has 0 aliphatic heterocycles. The van der Waals surface area contributed by atoms with Crippen molar-refractivity contribution < 1.29 is 5.11 Å². The van der Waals surface area contributed by atoms with Crippen LogP contribution < -0.4 is 0 Å².